The summed E-state index contributed by atoms with van der Waals surface area (Å²) in [5.74, 6) is 0. The van der Waals surface area contributed by atoms with Crippen LogP contribution in [0.3, 0.4) is 0 Å². The minimum Gasteiger partial charge on any atom is -0.379 e. The van der Waals surface area contributed by atoms with Crippen molar-refractivity contribution in [2.45, 2.75) is 18.9 Å². The van der Waals surface area contributed by atoms with Gasteiger partial charge in [-0.05, 0) is 50.2 Å². The van der Waals surface area contributed by atoms with E-state index in [9.17, 15) is 0 Å². The van der Waals surface area contributed by atoms with Crippen LogP contribution in [0, 0.1) is 0 Å². The van der Waals surface area contributed by atoms with Crippen LogP contribution in [-0.4, -0.2) is 51.3 Å². The number of nitrogens with one attached hydrogen (secondary N) is 1. The third kappa shape index (κ3) is 4.77. The van der Waals surface area contributed by atoms with Crippen LogP contribution in [-0.2, 0) is 17.6 Å². The Hall–Kier alpha value is -0.610. The molecule has 19 heavy (non-hydrogen) atoms. The van der Waals surface area contributed by atoms with Crippen molar-refractivity contribution in [2.75, 3.05) is 40.4 Å². The van der Waals surface area contributed by atoms with Crippen molar-refractivity contribution in [3.63, 3.8) is 0 Å². The van der Waals surface area contributed by atoms with Crippen molar-refractivity contribution < 1.29 is 4.74 Å². The first-order valence-electron chi connectivity index (χ1n) is 6.88. The van der Waals surface area contributed by atoms with Gasteiger partial charge in [0.2, 0.25) is 0 Å². The maximum absolute atomic E-state index is 6.01. The van der Waals surface area contributed by atoms with Gasteiger partial charge >= 0.3 is 0 Å². The summed E-state index contributed by atoms with van der Waals surface area (Å²) in [5.41, 5.74) is 2.81. The lowest BCUT2D eigenvalue weighted by atomic mass is 10.1. The Morgan fingerprint density at radius 3 is 2.84 bits per heavy atom. The molecule has 0 spiro atoms. The number of fused-ring (bicyclic) bond motifs is 1. The molecule has 3 nitrogen and oxygen atoms in total. The van der Waals surface area contributed by atoms with Gasteiger partial charge < -0.3 is 15.0 Å². The van der Waals surface area contributed by atoms with Gasteiger partial charge in [0.25, 0.3) is 0 Å². The lowest BCUT2D eigenvalue weighted by molar-refractivity contribution is 0.117. The van der Waals surface area contributed by atoms with Crippen LogP contribution in [0.2, 0.25) is 5.02 Å². The molecule has 0 saturated carbocycles. The Morgan fingerprint density at radius 2 is 2.05 bits per heavy atom. The summed E-state index contributed by atoms with van der Waals surface area (Å²) in [5, 5.41) is 4.39. The van der Waals surface area contributed by atoms with Crippen molar-refractivity contribution >= 4 is 11.6 Å². The van der Waals surface area contributed by atoms with Gasteiger partial charge in [-0.1, -0.05) is 17.7 Å². The van der Waals surface area contributed by atoms with E-state index < -0.39 is 0 Å². The van der Waals surface area contributed by atoms with Gasteiger partial charge in [0.1, 0.15) is 0 Å². The summed E-state index contributed by atoms with van der Waals surface area (Å²) in [7, 11) is 4.12. The van der Waals surface area contributed by atoms with Gasteiger partial charge in [-0.2, -0.15) is 0 Å². The molecule has 0 amide bonds. The number of ether oxygens (including phenoxy) is 1. The molecule has 106 valence electrons. The molecule has 0 aromatic heterocycles. The summed E-state index contributed by atoms with van der Waals surface area (Å²) in [6, 6.07) is 6.75. The van der Waals surface area contributed by atoms with E-state index in [1.807, 2.05) is 6.07 Å². The van der Waals surface area contributed by atoms with Gasteiger partial charge in [0.05, 0.1) is 13.2 Å². The standard InChI is InChI=1S/C15H23ClN2O/c1-18(2)6-8-19-7-5-17-15-10-12-3-4-14(16)9-13(12)11-15/h3-4,9,15,17H,5-8,10-11H2,1-2H3. The second-order valence-electron chi connectivity index (χ2n) is 5.39. The SMILES string of the molecule is CN(C)CCOCCNC1Cc2ccc(Cl)cc2C1. The fourth-order valence-electron chi connectivity index (χ4n) is 2.42. The van der Waals surface area contributed by atoms with Crippen LogP contribution in [0.4, 0.5) is 0 Å². The smallest absolute Gasteiger partial charge is 0.0593 e. The summed E-state index contributed by atoms with van der Waals surface area (Å²) in [4.78, 5) is 2.13. The second-order valence-corrected chi connectivity index (χ2v) is 5.82. The predicted octanol–water partition coefficient (Wildman–Crippen LogP) is 1.98. The molecule has 0 radical (unpaired) electrons. The van der Waals surface area contributed by atoms with E-state index in [0.717, 1.165) is 44.2 Å². The Bertz CT molecular complexity index is 409. The molecule has 0 bridgehead atoms. The summed E-state index contributed by atoms with van der Waals surface area (Å²) in [6.45, 7) is 3.48. The Morgan fingerprint density at radius 1 is 1.26 bits per heavy atom. The number of halogens is 1. The molecule has 1 aliphatic carbocycles. The predicted molar refractivity (Wildman–Crippen MR) is 80.0 cm³/mol. The van der Waals surface area contributed by atoms with Gasteiger partial charge in [-0.3, -0.25) is 0 Å². The first kappa shape index (κ1) is 14.8. The first-order chi connectivity index (χ1) is 9.15. The molecule has 2 rings (SSSR count). The van der Waals surface area contributed by atoms with Crippen LogP contribution in [0.15, 0.2) is 18.2 Å². The highest BCUT2D eigenvalue weighted by atomic mass is 35.5. The molecule has 1 aromatic rings. The highest BCUT2D eigenvalue weighted by molar-refractivity contribution is 6.30. The van der Waals surface area contributed by atoms with Crippen molar-refractivity contribution in [1.82, 2.24) is 10.2 Å². The molecule has 0 heterocycles. The third-order valence-corrected chi connectivity index (χ3v) is 3.70. The second kappa shape index (κ2) is 7.25. The zero-order chi connectivity index (χ0) is 13.7. The van der Waals surface area contributed by atoms with Gasteiger partial charge in [0.15, 0.2) is 0 Å². The Kier molecular flexibility index (Phi) is 5.64. The topological polar surface area (TPSA) is 24.5 Å². The van der Waals surface area contributed by atoms with E-state index in [4.69, 9.17) is 16.3 Å². The summed E-state index contributed by atoms with van der Waals surface area (Å²) in [6.07, 6.45) is 2.18. The van der Waals surface area contributed by atoms with Crippen LogP contribution in [0.1, 0.15) is 11.1 Å². The molecule has 0 aliphatic heterocycles. The Labute approximate surface area is 120 Å². The third-order valence-electron chi connectivity index (χ3n) is 3.46. The van der Waals surface area contributed by atoms with E-state index in [0.29, 0.717) is 6.04 Å². The molecule has 0 fully saturated rings. The van der Waals surface area contributed by atoms with E-state index in [2.05, 4.69) is 36.4 Å². The minimum absolute atomic E-state index is 0.533. The molecule has 1 atom stereocenters. The molecular weight excluding hydrogens is 260 g/mol. The van der Waals surface area contributed by atoms with Gasteiger partial charge in [0, 0.05) is 24.2 Å². The van der Waals surface area contributed by atoms with Crippen LogP contribution < -0.4 is 5.32 Å². The Balaban J connectivity index is 1.62. The van der Waals surface area contributed by atoms with Crippen molar-refractivity contribution in [3.8, 4) is 0 Å². The normalized spacial score (nSPS) is 18.0. The van der Waals surface area contributed by atoms with E-state index in [1.54, 1.807) is 0 Å². The van der Waals surface area contributed by atoms with E-state index >= 15 is 0 Å². The van der Waals surface area contributed by atoms with Gasteiger partial charge in [-0.25, -0.2) is 0 Å². The van der Waals surface area contributed by atoms with E-state index in [1.165, 1.54) is 11.1 Å². The largest absolute Gasteiger partial charge is 0.379 e. The highest BCUT2D eigenvalue weighted by Crippen LogP contribution is 2.25. The van der Waals surface area contributed by atoms with Crippen molar-refractivity contribution in [2.24, 2.45) is 0 Å². The number of hydrogen-bond acceptors (Lipinski definition) is 3. The molecule has 1 aliphatic rings. The molecule has 0 saturated heterocycles. The number of benzene rings is 1. The average Bonchev–Trinajstić information content (AvgIpc) is 2.75. The van der Waals surface area contributed by atoms with Crippen molar-refractivity contribution in [1.29, 1.82) is 0 Å². The lowest BCUT2D eigenvalue weighted by Gasteiger charge is -2.13. The fourth-order valence-corrected chi connectivity index (χ4v) is 2.61. The number of likely N-dealkylation sites (N-methyl/N-ethyl adjacent to an activating group) is 1. The lowest BCUT2D eigenvalue weighted by Crippen LogP contribution is -2.33. The molecule has 1 aromatic carbocycles. The zero-order valence-electron chi connectivity index (χ0n) is 11.8. The maximum atomic E-state index is 6.01. The van der Waals surface area contributed by atoms with E-state index in [-0.39, 0.29) is 0 Å². The van der Waals surface area contributed by atoms with Crippen LogP contribution in [0.25, 0.3) is 0 Å². The average molecular weight is 283 g/mol. The maximum Gasteiger partial charge on any atom is 0.0593 e. The van der Waals surface area contributed by atoms with Crippen LogP contribution >= 0.6 is 11.6 Å². The van der Waals surface area contributed by atoms with Gasteiger partial charge in [-0.15, -0.1) is 0 Å². The number of nitrogens with zero attached hydrogens (tertiary/aromatic N) is 1. The minimum atomic E-state index is 0.533. The number of hydrogen-bond donors (Lipinski definition) is 1. The molecule has 1 N–H and O–H groups in total. The first-order valence-corrected chi connectivity index (χ1v) is 7.26. The number of rotatable bonds is 7. The molecule has 4 heteroatoms. The monoisotopic (exact) mass is 282 g/mol. The quantitative estimate of drug-likeness (QED) is 0.774. The summed E-state index contributed by atoms with van der Waals surface area (Å²) >= 11 is 6.01. The summed E-state index contributed by atoms with van der Waals surface area (Å²) < 4.78 is 5.58. The fraction of sp³-hybridized carbons (Fsp3) is 0.600. The highest BCUT2D eigenvalue weighted by Gasteiger charge is 2.20. The van der Waals surface area contributed by atoms with Crippen LogP contribution in [0.5, 0.6) is 0 Å². The molecular formula is C15H23ClN2O. The van der Waals surface area contributed by atoms with Crippen molar-refractivity contribution in [3.05, 3.63) is 34.3 Å². The zero-order valence-corrected chi connectivity index (χ0v) is 12.5. The molecule has 1 unspecified atom stereocenters.